The number of amides is 1. The molecule has 2 aromatic carbocycles. The summed E-state index contributed by atoms with van der Waals surface area (Å²) in [6, 6.07) is 7.80. The maximum Gasteiger partial charge on any atom is 0.273 e. The normalized spacial score (nSPS) is 11.2. The van der Waals surface area contributed by atoms with Gasteiger partial charge in [-0.15, -0.1) is 0 Å². The third kappa shape index (κ3) is 4.30. The van der Waals surface area contributed by atoms with Crippen molar-refractivity contribution in [2.75, 3.05) is 17.5 Å². The highest BCUT2D eigenvalue weighted by Crippen LogP contribution is 2.31. The van der Waals surface area contributed by atoms with Crippen LogP contribution >= 0.6 is 23.2 Å². The van der Waals surface area contributed by atoms with Crippen molar-refractivity contribution in [3.8, 4) is 11.3 Å². The lowest BCUT2D eigenvalue weighted by molar-refractivity contribution is 0.0959. The second kappa shape index (κ2) is 8.42. The number of nitrogens with two attached hydrogens (primary N) is 1. The van der Waals surface area contributed by atoms with Crippen LogP contribution in [0.5, 0.6) is 0 Å². The summed E-state index contributed by atoms with van der Waals surface area (Å²) in [5.74, 6) is -1.41. The number of hydrogen-bond acceptors (Lipinski definition) is 6. The fourth-order valence-corrected chi connectivity index (χ4v) is 4.30. The van der Waals surface area contributed by atoms with Crippen LogP contribution in [0, 0.1) is 5.82 Å². The highest BCUT2D eigenvalue weighted by molar-refractivity contribution is 7.92. The van der Waals surface area contributed by atoms with E-state index in [1.165, 1.54) is 43.6 Å². The van der Waals surface area contributed by atoms with Crippen LogP contribution in [0.2, 0.25) is 10.0 Å². The molecule has 0 aliphatic heterocycles. The van der Waals surface area contributed by atoms with E-state index in [2.05, 4.69) is 20.0 Å². The van der Waals surface area contributed by atoms with Gasteiger partial charge in [0.05, 0.1) is 22.6 Å². The van der Waals surface area contributed by atoms with Crippen LogP contribution in [-0.2, 0) is 10.0 Å². The van der Waals surface area contributed by atoms with Crippen molar-refractivity contribution in [1.82, 2.24) is 15.3 Å². The summed E-state index contributed by atoms with van der Waals surface area (Å²) in [6.45, 7) is 0. The Hall–Kier alpha value is -2.95. The number of hydrogen-bond donors (Lipinski definition) is 3. The molecule has 12 heteroatoms. The first-order valence-corrected chi connectivity index (χ1v) is 10.5. The van der Waals surface area contributed by atoms with E-state index in [0.717, 1.165) is 6.07 Å². The van der Waals surface area contributed by atoms with Gasteiger partial charge >= 0.3 is 0 Å². The lowest BCUT2D eigenvalue weighted by Crippen LogP contribution is -2.21. The van der Waals surface area contributed by atoms with Crippen molar-refractivity contribution in [2.24, 2.45) is 0 Å². The fraction of sp³-hybridized carbons (Fsp3) is 0.0556. The van der Waals surface area contributed by atoms with Gasteiger partial charge in [-0.3, -0.25) is 9.52 Å². The summed E-state index contributed by atoms with van der Waals surface area (Å²) in [7, 11) is -2.83. The van der Waals surface area contributed by atoms with E-state index in [4.69, 9.17) is 28.9 Å². The first kappa shape index (κ1) is 21.8. The predicted molar refractivity (Wildman–Crippen MR) is 112 cm³/mol. The summed E-state index contributed by atoms with van der Waals surface area (Å²) in [6.07, 6.45) is 1.29. The molecule has 4 N–H and O–H groups in total. The van der Waals surface area contributed by atoms with Crippen LogP contribution in [0.1, 0.15) is 10.5 Å². The van der Waals surface area contributed by atoms with Crippen molar-refractivity contribution in [3.63, 3.8) is 0 Å². The highest BCUT2D eigenvalue weighted by atomic mass is 35.5. The van der Waals surface area contributed by atoms with E-state index in [1.807, 2.05) is 0 Å². The molecule has 0 atom stereocenters. The first-order valence-electron chi connectivity index (χ1n) is 8.25. The molecule has 0 saturated carbocycles. The molecule has 156 valence electrons. The quantitative estimate of drug-likeness (QED) is 0.525. The number of anilines is 2. The summed E-state index contributed by atoms with van der Waals surface area (Å²) < 4.78 is 41.5. The number of nitrogens with zero attached hydrogens (tertiary/aromatic N) is 2. The zero-order valence-corrected chi connectivity index (χ0v) is 17.6. The van der Waals surface area contributed by atoms with Crippen molar-refractivity contribution in [2.45, 2.75) is 4.90 Å². The summed E-state index contributed by atoms with van der Waals surface area (Å²) in [5.41, 5.74) is 5.92. The summed E-state index contributed by atoms with van der Waals surface area (Å²) in [5, 5.41) is 1.92. The minimum absolute atomic E-state index is 0.0812. The molecule has 0 spiro atoms. The molecule has 0 unspecified atom stereocenters. The molecule has 1 aromatic heterocycles. The maximum atomic E-state index is 13.6. The molecule has 0 radical (unpaired) electrons. The standard InChI is InChI=1S/C18H14Cl2FN5O3S/c1-23-18(27)16-17(22)24-8-13(25-16)9-5-6-10(19)14(7-9)30(28,29)26-12-4-2-3-11(21)15(12)20/h2-8,26H,1H3,(H2,22,24)(H,23,27). The Bertz CT molecular complexity index is 1250. The molecule has 30 heavy (non-hydrogen) atoms. The zero-order chi connectivity index (χ0) is 22.1. The molecule has 1 amide bonds. The first-order chi connectivity index (χ1) is 14.1. The Balaban J connectivity index is 2.05. The van der Waals surface area contributed by atoms with Crippen molar-refractivity contribution in [1.29, 1.82) is 0 Å². The number of carbonyl (C=O) groups excluding carboxylic acids is 1. The fourth-order valence-electron chi connectivity index (χ4n) is 2.47. The Morgan fingerprint density at radius 1 is 1.20 bits per heavy atom. The van der Waals surface area contributed by atoms with Gasteiger partial charge in [-0.1, -0.05) is 35.3 Å². The van der Waals surface area contributed by atoms with Gasteiger partial charge in [0.2, 0.25) is 0 Å². The van der Waals surface area contributed by atoms with Gasteiger partial charge in [-0.25, -0.2) is 22.8 Å². The van der Waals surface area contributed by atoms with Gasteiger partial charge < -0.3 is 11.1 Å². The topological polar surface area (TPSA) is 127 Å². The van der Waals surface area contributed by atoms with Gasteiger partial charge in [0, 0.05) is 12.6 Å². The number of carbonyl (C=O) groups is 1. The molecule has 8 nitrogen and oxygen atoms in total. The molecule has 3 aromatic rings. The van der Waals surface area contributed by atoms with E-state index in [-0.39, 0.29) is 37.8 Å². The number of nitrogen functional groups attached to an aromatic ring is 1. The van der Waals surface area contributed by atoms with Crippen LogP contribution in [0.15, 0.2) is 47.5 Å². The van der Waals surface area contributed by atoms with E-state index in [0.29, 0.717) is 5.56 Å². The third-order valence-corrected chi connectivity index (χ3v) is 6.19. The van der Waals surface area contributed by atoms with Crippen molar-refractivity contribution in [3.05, 3.63) is 64.2 Å². The van der Waals surface area contributed by atoms with Crippen LogP contribution in [0.25, 0.3) is 11.3 Å². The van der Waals surface area contributed by atoms with Crippen LogP contribution in [-0.4, -0.2) is 31.3 Å². The number of sulfonamides is 1. The smallest absolute Gasteiger partial charge is 0.273 e. The number of aromatic nitrogens is 2. The van der Waals surface area contributed by atoms with Gasteiger partial charge in [-0.05, 0) is 24.3 Å². The molecule has 0 fully saturated rings. The Labute approximate surface area is 181 Å². The van der Waals surface area contributed by atoms with Crippen molar-refractivity contribution < 1.29 is 17.6 Å². The van der Waals surface area contributed by atoms with E-state index in [1.54, 1.807) is 0 Å². The Morgan fingerprint density at radius 2 is 1.93 bits per heavy atom. The van der Waals surface area contributed by atoms with Gasteiger partial charge in [0.25, 0.3) is 15.9 Å². The number of benzene rings is 2. The molecule has 0 bridgehead atoms. The third-order valence-electron chi connectivity index (χ3n) is 3.96. The largest absolute Gasteiger partial charge is 0.382 e. The Kier molecular flexibility index (Phi) is 6.11. The lowest BCUT2D eigenvalue weighted by Gasteiger charge is -2.13. The second-order valence-corrected chi connectivity index (χ2v) is 8.36. The number of halogens is 3. The highest BCUT2D eigenvalue weighted by Gasteiger charge is 2.22. The zero-order valence-electron chi connectivity index (χ0n) is 15.3. The van der Waals surface area contributed by atoms with Crippen LogP contribution < -0.4 is 15.8 Å². The molecule has 1 heterocycles. The monoisotopic (exact) mass is 469 g/mol. The summed E-state index contributed by atoms with van der Waals surface area (Å²) in [4.78, 5) is 19.7. The number of nitrogens with one attached hydrogen (secondary N) is 2. The van der Waals surface area contributed by atoms with E-state index < -0.39 is 21.7 Å². The summed E-state index contributed by atoms with van der Waals surface area (Å²) >= 11 is 11.9. The van der Waals surface area contributed by atoms with Gasteiger partial charge in [0.15, 0.2) is 11.5 Å². The average Bonchev–Trinajstić information content (AvgIpc) is 2.71. The van der Waals surface area contributed by atoms with Crippen LogP contribution in [0.4, 0.5) is 15.9 Å². The van der Waals surface area contributed by atoms with E-state index >= 15 is 0 Å². The van der Waals surface area contributed by atoms with Gasteiger partial charge in [0.1, 0.15) is 15.7 Å². The second-order valence-electron chi connectivity index (χ2n) is 5.92. The minimum atomic E-state index is -4.24. The van der Waals surface area contributed by atoms with Crippen molar-refractivity contribution >= 4 is 50.6 Å². The van der Waals surface area contributed by atoms with Gasteiger partial charge in [-0.2, -0.15) is 0 Å². The van der Waals surface area contributed by atoms with E-state index in [9.17, 15) is 17.6 Å². The molecule has 3 rings (SSSR count). The Morgan fingerprint density at radius 3 is 2.63 bits per heavy atom. The molecular formula is C18H14Cl2FN5O3S. The molecule has 0 aliphatic carbocycles. The van der Waals surface area contributed by atoms with Crippen LogP contribution in [0.3, 0.4) is 0 Å². The molecular weight excluding hydrogens is 456 g/mol. The SMILES string of the molecule is CNC(=O)c1nc(-c2ccc(Cl)c(S(=O)(=O)Nc3cccc(F)c3Cl)c2)cnc1N. The minimum Gasteiger partial charge on any atom is -0.382 e. The average molecular weight is 470 g/mol. The lowest BCUT2D eigenvalue weighted by atomic mass is 10.1. The maximum absolute atomic E-state index is 13.6. The molecule has 0 aliphatic rings. The molecule has 0 saturated heterocycles. The number of rotatable bonds is 5. The predicted octanol–water partition coefficient (Wildman–Crippen LogP) is 3.33.